The Bertz CT molecular complexity index is 9880. The van der Waals surface area contributed by atoms with Gasteiger partial charge in [-0.3, -0.25) is 24.1 Å². The third kappa shape index (κ3) is 14.7. The summed E-state index contributed by atoms with van der Waals surface area (Å²) < 4.78 is 13.8. The van der Waals surface area contributed by atoms with Crippen molar-refractivity contribution in [3.8, 4) is 102 Å². The minimum Gasteiger partial charge on any atom is -0.311 e. The first-order chi connectivity index (χ1) is 72.0. The average Bonchev–Trinajstić information content (AvgIpc) is 1.58. The second-order valence-corrected chi connectivity index (χ2v) is 36.3. The fraction of sp³-hybridized carbons (Fsp3) is 0. The third-order valence-corrected chi connectivity index (χ3v) is 28.0. The van der Waals surface area contributed by atoms with Gasteiger partial charge in [0.25, 0.3) is 0 Å². The summed E-state index contributed by atoms with van der Waals surface area (Å²) in [5, 5.41) is 14.0. The van der Waals surface area contributed by atoms with Crippen LogP contribution >= 0.6 is 0 Å². The Labute approximate surface area is 833 Å². The van der Waals surface area contributed by atoms with Crippen LogP contribution in [0.1, 0.15) is 0 Å². The molecule has 14 nitrogen and oxygen atoms in total. The fourth-order valence-corrected chi connectivity index (χ4v) is 21.7. The lowest BCUT2D eigenvalue weighted by molar-refractivity contribution is 0.953. The van der Waals surface area contributed by atoms with Crippen molar-refractivity contribution in [1.82, 2.24) is 62.3 Å². The van der Waals surface area contributed by atoms with Gasteiger partial charge < -0.3 is 23.2 Å². The van der Waals surface area contributed by atoms with Crippen LogP contribution in [0.3, 0.4) is 0 Å². The number of fused-ring (bicyclic) bond motifs is 18. The summed E-state index contributed by atoms with van der Waals surface area (Å²) >= 11 is 0. The van der Waals surface area contributed by atoms with Gasteiger partial charge in [0, 0.05) is 163 Å². The minimum absolute atomic E-state index is 0.572. The first kappa shape index (κ1) is 84.5. The molecule has 29 aromatic rings. The van der Waals surface area contributed by atoms with E-state index in [9.17, 15) is 0 Å². The smallest absolute Gasteiger partial charge is 0.238 e. The van der Waals surface area contributed by atoms with Crippen molar-refractivity contribution in [1.29, 1.82) is 0 Å². The summed E-state index contributed by atoms with van der Waals surface area (Å²) in [5.41, 5.74) is 32.0. The van der Waals surface area contributed by atoms with E-state index in [1.165, 1.54) is 70.8 Å². The molecule has 0 N–H and O–H groups in total. The summed E-state index contributed by atoms with van der Waals surface area (Å²) in [6.45, 7) is 0. The zero-order chi connectivity index (χ0) is 95.8. The number of rotatable bonds is 15. The van der Waals surface area contributed by atoms with Crippen LogP contribution in [0.15, 0.2) is 522 Å². The maximum atomic E-state index is 5.08. The molecule has 0 bridgehead atoms. The SMILES string of the molecule is c1ccc(-c2ccc(-n3c4ccccc4c4cc(-c5nccc6c5c5ccccc5n6-c5ccccc5)ccc43)cc2)cc1.c1ccc(-c2nc(-c3ccccc3)nc(-n3c4ccccc4c4cc(-c5nccc6c5c5ccccc5n6-c5ccccc5)ccc43)n2)cc1.c1ccc(N(c2ccccc2)c2ccc(-n3c4ccccc4c4cncc(-c5ccc6c(c5)c5ccccc5n6-c5ccccn5)c43)cc2)cc1. The standard InChI is InChI=1S/C46H31N5.C44H28N6.C41H27N3/c1-3-13-33(14-4-1)49(34-15-5-2-6-16-34)35-23-25-36(26-24-35)50-42-19-9-8-18-38(42)41-31-47-30-40(46(41)50)32-22-27-44-39(29-32)37-17-7-10-20-43(37)51(44)45-21-11-12-28-48-45;1-4-14-29(15-5-1)42-46-43(30-16-6-2-7-17-30)48-44(47-42)50-36-22-12-10-20-33(36)35-28-31(24-25-38(35)50)41-40-34-21-11-13-23-37(34)49(39(40)26-27-45-41)32-18-8-3-9-19-32;1-3-11-28(12-4-1)29-19-22-32(23-20-29)43-36-17-9-7-15-33(36)35-27-30(21-24-38(35)43)41-40-34-16-8-10-18-37(34)44(39(40)25-26-42-41)31-13-5-2-6-14-31/h1-31H;1-28H;1-27H. The molecule has 0 fully saturated rings. The van der Waals surface area contributed by atoms with Crippen LogP contribution in [-0.4, -0.2) is 62.3 Å². The number of hydrogen-bond donors (Lipinski definition) is 0. The van der Waals surface area contributed by atoms with Crippen molar-refractivity contribution in [3.05, 3.63) is 522 Å². The summed E-state index contributed by atoms with van der Waals surface area (Å²) in [6, 6.07) is 173. The van der Waals surface area contributed by atoms with E-state index >= 15 is 0 Å². The van der Waals surface area contributed by atoms with Crippen LogP contribution in [0.25, 0.3) is 233 Å². The van der Waals surface area contributed by atoms with E-state index in [0.717, 1.165) is 162 Å². The van der Waals surface area contributed by atoms with Gasteiger partial charge >= 0.3 is 0 Å². The van der Waals surface area contributed by atoms with E-state index in [0.29, 0.717) is 17.6 Å². The predicted octanol–water partition coefficient (Wildman–Crippen LogP) is 32.9. The zero-order valence-corrected chi connectivity index (χ0v) is 78.4. The van der Waals surface area contributed by atoms with Crippen molar-refractivity contribution >= 4 is 148 Å². The maximum Gasteiger partial charge on any atom is 0.238 e. The molecule has 145 heavy (non-hydrogen) atoms. The van der Waals surface area contributed by atoms with Gasteiger partial charge in [-0.25, -0.2) is 9.97 Å². The molecule has 0 radical (unpaired) electrons. The van der Waals surface area contributed by atoms with E-state index in [1.54, 1.807) is 0 Å². The number of nitrogens with zero attached hydrogens (tertiary/aromatic N) is 14. The topological polar surface area (TPSA) is 123 Å². The number of pyridine rings is 4. The van der Waals surface area contributed by atoms with Crippen LogP contribution in [0.4, 0.5) is 17.1 Å². The molecule has 0 aliphatic carbocycles. The average molecular weight is 1860 g/mol. The first-order valence-corrected chi connectivity index (χ1v) is 48.8. The van der Waals surface area contributed by atoms with Gasteiger partial charge in [-0.15, -0.1) is 0 Å². The van der Waals surface area contributed by atoms with Crippen LogP contribution in [0.2, 0.25) is 0 Å². The summed E-state index contributed by atoms with van der Waals surface area (Å²) in [4.78, 5) is 36.9. The Morgan fingerprint density at radius 3 is 1.00 bits per heavy atom. The normalized spacial score (nSPS) is 11.6. The molecule has 14 heteroatoms. The molecule has 18 aromatic carbocycles. The Kier molecular flexibility index (Phi) is 20.9. The molecule has 0 aliphatic heterocycles. The number of hydrogen-bond acceptors (Lipinski definition) is 8. The predicted molar refractivity (Wildman–Crippen MR) is 597 cm³/mol. The molecule has 0 saturated carbocycles. The van der Waals surface area contributed by atoms with E-state index in [1.807, 2.05) is 104 Å². The van der Waals surface area contributed by atoms with Crippen molar-refractivity contribution in [2.45, 2.75) is 0 Å². The van der Waals surface area contributed by atoms with E-state index in [2.05, 4.69) is 451 Å². The van der Waals surface area contributed by atoms with Crippen molar-refractivity contribution in [2.75, 3.05) is 4.90 Å². The second-order valence-electron chi connectivity index (χ2n) is 36.3. The molecule has 11 aromatic heterocycles. The maximum absolute atomic E-state index is 5.08. The van der Waals surface area contributed by atoms with Gasteiger partial charge in [0.2, 0.25) is 5.95 Å². The summed E-state index contributed by atoms with van der Waals surface area (Å²) in [7, 11) is 0. The van der Waals surface area contributed by atoms with Crippen LogP contribution in [0, 0.1) is 0 Å². The minimum atomic E-state index is 0.572. The Hall–Kier alpha value is -19.8. The van der Waals surface area contributed by atoms with Gasteiger partial charge in [0.15, 0.2) is 11.6 Å². The highest BCUT2D eigenvalue weighted by Gasteiger charge is 2.27. The molecule has 11 heterocycles. The van der Waals surface area contributed by atoms with Gasteiger partial charge in [0.1, 0.15) is 5.82 Å². The zero-order valence-electron chi connectivity index (χ0n) is 78.4. The number of aromatic nitrogens is 13. The molecular formula is C131H86N14. The highest BCUT2D eigenvalue weighted by atomic mass is 15.2. The summed E-state index contributed by atoms with van der Waals surface area (Å²) in [6.07, 6.45) is 9.73. The molecule has 0 atom stereocenters. The molecule has 0 saturated heterocycles. The lowest BCUT2D eigenvalue weighted by atomic mass is 10.0. The third-order valence-electron chi connectivity index (χ3n) is 28.0. The number of para-hydroxylation sites is 10. The fourth-order valence-electron chi connectivity index (χ4n) is 21.7. The van der Waals surface area contributed by atoms with E-state index in [-0.39, 0.29) is 0 Å². The lowest BCUT2D eigenvalue weighted by Gasteiger charge is -2.25. The molecule has 0 spiro atoms. The van der Waals surface area contributed by atoms with Crippen molar-refractivity contribution in [2.24, 2.45) is 0 Å². The Balaban J connectivity index is 0.000000108. The van der Waals surface area contributed by atoms with Crippen molar-refractivity contribution < 1.29 is 0 Å². The largest absolute Gasteiger partial charge is 0.311 e. The molecule has 0 amide bonds. The lowest BCUT2D eigenvalue weighted by Crippen LogP contribution is -2.09. The molecule has 29 rings (SSSR count). The summed E-state index contributed by atoms with van der Waals surface area (Å²) in [5.74, 6) is 2.73. The number of benzene rings is 18. The van der Waals surface area contributed by atoms with Gasteiger partial charge in [-0.05, 0) is 199 Å². The van der Waals surface area contributed by atoms with Crippen LogP contribution in [0.5, 0.6) is 0 Å². The molecular weight excluding hydrogens is 1770 g/mol. The monoisotopic (exact) mass is 1850 g/mol. The van der Waals surface area contributed by atoms with Crippen LogP contribution < -0.4 is 4.90 Å². The van der Waals surface area contributed by atoms with Crippen molar-refractivity contribution in [3.63, 3.8) is 0 Å². The van der Waals surface area contributed by atoms with Gasteiger partial charge in [0.05, 0.1) is 77.6 Å². The molecule has 680 valence electrons. The number of anilines is 3. The first-order valence-electron chi connectivity index (χ1n) is 48.8. The Morgan fingerprint density at radius 1 is 0.186 bits per heavy atom. The van der Waals surface area contributed by atoms with Gasteiger partial charge in [-0.1, -0.05) is 309 Å². The Morgan fingerprint density at radius 2 is 0.517 bits per heavy atom. The van der Waals surface area contributed by atoms with E-state index < -0.39 is 0 Å². The second kappa shape index (κ2) is 35.9. The van der Waals surface area contributed by atoms with Crippen LogP contribution in [-0.2, 0) is 0 Å². The highest BCUT2D eigenvalue weighted by Crippen LogP contribution is 2.47. The molecule has 0 aliphatic rings. The molecule has 0 unspecified atom stereocenters. The van der Waals surface area contributed by atoms with E-state index in [4.69, 9.17) is 34.9 Å². The van der Waals surface area contributed by atoms with Gasteiger partial charge in [-0.2, -0.15) is 9.97 Å². The quantitative estimate of drug-likeness (QED) is 0.0994. The highest BCUT2D eigenvalue weighted by molar-refractivity contribution is 6.20.